The van der Waals surface area contributed by atoms with Gasteiger partial charge in [0.2, 0.25) is 0 Å². The molecule has 0 saturated heterocycles. The summed E-state index contributed by atoms with van der Waals surface area (Å²) in [7, 11) is 0. The summed E-state index contributed by atoms with van der Waals surface area (Å²) in [6, 6.07) is 13.3. The number of hydrogen-bond acceptors (Lipinski definition) is 3. The van der Waals surface area contributed by atoms with Gasteiger partial charge in [0.05, 0.1) is 11.4 Å². The van der Waals surface area contributed by atoms with E-state index in [0.29, 0.717) is 6.54 Å². The number of rotatable bonds is 4. The van der Waals surface area contributed by atoms with Gasteiger partial charge >= 0.3 is 0 Å². The number of benzene rings is 2. The summed E-state index contributed by atoms with van der Waals surface area (Å²) >= 11 is 0. The zero-order valence-electron chi connectivity index (χ0n) is 16.1. The molecule has 0 atom stereocenters. The lowest BCUT2D eigenvalue weighted by molar-refractivity contribution is 0.0985. The highest BCUT2D eigenvalue weighted by molar-refractivity contribution is 5.97. The summed E-state index contributed by atoms with van der Waals surface area (Å²) < 4.78 is 31.5. The summed E-state index contributed by atoms with van der Waals surface area (Å²) in [6.45, 7) is 0.669. The lowest BCUT2D eigenvalue weighted by Crippen LogP contribution is -2.09. The maximum atomic E-state index is 14.0. The smallest absolute Gasteiger partial charge is 0.187 e. The van der Waals surface area contributed by atoms with Gasteiger partial charge in [-0.25, -0.2) is 13.5 Å². The van der Waals surface area contributed by atoms with E-state index in [9.17, 15) is 13.6 Å². The third-order valence-electron chi connectivity index (χ3n) is 5.42. The van der Waals surface area contributed by atoms with Gasteiger partial charge in [-0.1, -0.05) is 12.1 Å². The molecule has 30 heavy (non-hydrogen) atoms. The number of aromatic nitrogens is 4. The standard InChI is InChI=1S/C23H18F2N4O/c24-19-5-1-6-20(25)18(19)13-23(30)21-14-22-17-12-16(28-11-3-9-26-28)8-7-15(17)4-2-10-29(22)27-21/h1,3,5-9,11-12,14H,2,4,10,13H2. The second-order valence-corrected chi connectivity index (χ2v) is 7.33. The van der Waals surface area contributed by atoms with Crippen LogP contribution >= 0.6 is 0 Å². The van der Waals surface area contributed by atoms with E-state index in [1.165, 1.54) is 11.6 Å². The van der Waals surface area contributed by atoms with Gasteiger partial charge in [-0.2, -0.15) is 10.2 Å². The molecular weight excluding hydrogens is 386 g/mol. The Morgan fingerprint density at radius 3 is 2.67 bits per heavy atom. The highest BCUT2D eigenvalue weighted by Crippen LogP contribution is 2.31. The van der Waals surface area contributed by atoms with Gasteiger partial charge < -0.3 is 0 Å². The Kier molecular flexibility index (Phi) is 4.50. The predicted molar refractivity (Wildman–Crippen MR) is 107 cm³/mol. The number of aryl methyl sites for hydroxylation is 2. The van der Waals surface area contributed by atoms with Crippen molar-refractivity contribution in [1.29, 1.82) is 0 Å². The second kappa shape index (κ2) is 7.33. The maximum absolute atomic E-state index is 14.0. The van der Waals surface area contributed by atoms with Crippen molar-refractivity contribution in [3.63, 3.8) is 0 Å². The normalized spacial score (nSPS) is 12.9. The minimum Gasteiger partial charge on any atom is -0.292 e. The molecule has 1 aliphatic rings. The van der Waals surface area contributed by atoms with Gasteiger partial charge in [-0.3, -0.25) is 9.48 Å². The van der Waals surface area contributed by atoms with E-state index in [4.69, 9.17) is 0 Å². The van der Waals surface area contributed by atoms with Gasteiger partial charge in [0, 0.05) is 36.5 Å². The Bertz CT molecular complexity index is 1220. The van der Waals surface area contributed by atoms with Crippen LogP contribution in [0, 0.1) is 11.6 Å². The van der Waals surface area contributed by atoms with Crippen molar-refractivity contribution in [2.75, 3.05) is 0 Å². The van der Waals surface area contributed by atoms with Crippen molar-refractivity contribution in [3.8, 4) is 16.9 Å². The molecule has 0 N–H and O–H groups in total. The zero-order valence-corrected chi connectivity index (χ0v) is 16.1. The van der Waals surface area contributed by atoms with Crippen molar-refractivity contribution in [2.24, 2.45) is 0 Å². The first-order chi connectivity index (χ1) is 14.6. The maximum Gasteiger partial charge on any atom is 0.187 e. The molecule has 2 aromatic carbocycles. The van der Waals surface area contributed by atoms with Gasteiger partial charge in [0.1, 0.15) is 17.3 Å². The first-order valence-electron chi connectivity index (χ1n) is 9.77. The highest BCUT2D eigenvalue weighted by atomic mass is 19.1. The number of fused-ring (bicyclic) bond motifs is 3. The molecular formula is C23H18F2N4O. The second-order valence-electron chi connectivity index (χ2n) is 7.33. The van der Waals surface area contributed by atoms with Crippen molar-refractivity contribution in [2.45, 2.75) is 25.8 Å². The topological polar surface area (TPSA) is 52.7 Å². The molecule has 0 unspecified atom stereocenters. The van der Waals surface area contributed by atoms with Crippen LogP contribution < -0.4 is 0 Å². The molecule has 0 radical (unpaired) electrons. The monoisotopic (exact) mass is 404 g/mol. The Balaban J connectivity index is 1.53. The molecule has 5 rings (SSSR count). The number of nitrogens with zero attached hydrogens (tertiary/aromatic N) is 4. The average molecular weight is 404 g/mol. The molecule has 7 heteroatoms. The fourth-order valence-electron chi connectivity index (χ4n) is 3.90. The van der Waals surface area contributed by atoms with E-state index in [-0.39, 0.29) is 17.7 Å². The fourth-order valence-corrected chi connectivity index (χ4v) is 3.90. The van der Waals surface area contributed by atoms with Crippen molar-refractivity contribution in [1.82, 2.24) is 19.6 Å². The van der Waals surface area contributed by atoms with Crippen molar-refractivity contribution < 1.29 is 13.6 Å². The molecule has 5 nitrogen and oxygen atoms in total. The first kappa shape index (κ1) is 18.4. The van der Waals surface area contributed by atoms with Gasteiger partial charge in [-0.05, 0) is 54.8 Å². The first-order valence-corrected chi connectivity index (χ1v) is 9.77. The summed E-state index contributed by atoms with van der Waals surface area (Å²) in [6.07, 6.45) is 5.01. The molecule has 1 aliphatic heterocycles. The van der Waals surface area contributed by atoms with Crippen LogP contribution in [0.1, 0.15) is 28.0 Å². The fraction of sp³-hybridized carbons (Fsp3) is 0.174. The number of hydrogen-bond donors (Lipinski definition) is 0. The van der Waals surface area contributed by atoms with Crippen LogP contribution in [-0.2, 0) is 19.4 Å². The number of ketones is 1. The summed E-state index contributed by atoms with van der Waals surface area (Å²) in [5.41, 5.74) is 3.88. The lowest BCUT2D eigenvalue weighted by atomic mass is 10.00. The molecule has 2 aromatic heterocycles. The minimum absolute atomic E-state index is 0.213. The lowest BCUT2D eigenvalue weighted by Gasteiger charge is -2.09. The molecule has 0 spiro atoms. The number of Topliss-reactive ketones (excluding diaryl/α,β-unsaturated/α-hetero) is 1. The minimum atomic E-state index is -0.724. The Hall–Kier alpha value is -3.61. The molecule has 0 amide bonds. The van der Waals surface area contributed by atoms with Crippen LogP contribution in [0.5, 0.6) is 0 Å². The molecule has 0 fully saturated rings. The molecule has 3 heterocycles. The van der Waals surface area contributed by atoms with Crippen LogP contribution in [0.15, 0.2) is 60.9 Å². The predicted octanol–water partition coefficient (Wildman–Crippen LogP) is 4.39. The van der Waals surface area contributed by atoms with Crippen LogP contribution in [0.25, 0.3) is 16.9 Å². The van der Waals surface area contributed by atoms with E-state index < -0.39 is 17.4 Å². The van der Waals surface area contributed by atoms with Gasteiger partial charge in [-0.15, -0.1) is 0 Å². The SMILES string of the molecule is O=C(Cc1c(F)cccc1F)c1cc2n(n1)CCCc1ccc(-n3cccn3)cc1-2. The molecule has 0 saturated carbocycles. The van der Waals surface area contributed by atoms with E-state index in [1.54, 1.807) is 16.9 Å². The molecule has 4 aromatic rings. The molecule has 0 aliphatic carbocycles. The van der Waals surface area contributed by atoms with Crippen LogP contribution in [0.2, 0.25) is 0 Å². The highest BCUT2D eigenvalue weighted by Gasteiger charge is 2.22. The van der Waals surface area contributed by atoms with E-state index in [1.807, 2.05) is 29.1 Å². The zero-order chi connectivity index (χ0) is 20.7. The molecule has 0 bridgehead atoms. The van der Waals surface area contributed by atoms with Gasteiger partial charge in [0.25, 0.3) is 0 Å². The number of carbonyl (C=O) groups is 1. The number of halogens is 2. The largest absolute Gasteiger partial charge is 0.292 e. The van der Waals surface area contributed by atoms with Crippen molar-refractivity contribution >= 4 is 5.78 Å². The Morgan fingerprint density at radius 1 is 1.07 bits per heavy atom. The summed E-state index contributed by atoms with van der Waals surface area (Å²) in [4.78, 5) is 12.8. The van der Waals surface area contributed by atoms with E-state index in [0.717, 1.165) is 41.9 Å². The Morgan fingerprint density at radius 2 is 1.90 bits per heavy atom. The van der Waals surface area contributed by atoms with Crippen molar-refractivity contribution in [3.05, 3.63) is 89.4 Å². The van der Waals surface area contributed by atoms with Crippen LogP contribution in [0.3, 0.4) is 0 Å². The summed E-state index contributed by atoms with van der Waals surface area (Å²) in [5.74, 6) is -1.86. The van der Waals surface area contributed by atoms with Gasteiger partial charge in [0.15, 0.2) is 5.78 Å². The van der Waals surface area contributed by atoms with Crippen LogP contribution in [-0.4, -0.2) is 25.3 Å². The summed E-state index contributed by atoms with van der Waals surface area (Å²) in [5, 5.41) is 8.74. The quantitative estimate of drug-likeness (QED) is 0.474. The third-order valence-corrected chi connectivity index (χ3v) is 5.42. The Labute approximate surface area is 171 Å². The van der Waals surface area contributed by atoms with Crippen LogP contribution in [0.4, 0.5) is 8.78 Å². The average Bonchev–Trinajstić information content (AvgIpc) is 3.39. The number of carbonyl (C=O) groups excluding carboxylic acids is 1. The van der Waals surface area contributed by atoms with E-state index in [2.05, 4.69) is 16.3 Å². The third kappa shape index (κ3) is 3.22. The molecule has 150 valence electrons. The van der Waals surface area contributed by atoms with E-state index >= 15 is 0 Å².